The number of amides is 1. The first-order chi connectivity index (χ1) is 12.9. The summed E-state index contributed by atoms with van der Waals surface area (Å²) in [6.45, 7) is 0. The van der Waals surface area contributed by atoms with Gasteiger partial charge < -0.3 is 5.32 Å². The Morgan fingerprint density at radius 2 is 1.89 bits per heavy atom. The van der Waals surface area contributed by atoms with Gasteiger partial charge in [0.15, 0.2) is 0 Å². The molecular weight excluding hydrogens is 357 g/mol. The number of nitrogens with zero attached hydrogens (tertiary/aromatic N) is 3. The standard InChI is InChI=1S/C19H15F3N4O/c20-19(21,22)17-10-16(12-3-4-12)25-26(17)15-7-5-14(6-8-15)24-18(27)13-2-1-9-23-11-13/h1-2,5-12H,3-4H2,(H,24,27). The molecule has 27 heavy (non-hydrogen) atoms. The highest BCUT2D eigenvalue weighted by Gasteiger charge is 2.38. The van der Waals surface area contributed by atoms with E-state index < -0.39 is 11.9 Å². The van der Waals surface area contributed by atoms with Crippen LogP contribution in [0, 0.1) is 0 Å². The summed E-state index contributed by atoms with van der Waals surface area (Å²) < 4.78 is 41.0. The Bertz CT molecular complexity index is 961. The molecule has 1 aliphatic carbocycles. The van der Waals surface area contributed by atoms with Crippen molar-refractivity contribution in [2.75, 3.05) is 5.32 Å². The van der Waals surface area contributed by atoms with Crippen molar-refractivity contribution in [3.8, 4) is 5.69 Å². The molecule has 2 heterocycles. The molecule has 2 aromatic heterocycles. The average molecular weight is 372 g/mol. The maximum absolute atomic E-state index is 13.3. The van der Waals surface area contributed by atoms with Gasteiger partial charge in [-0.1, -0.05) is 0 Å². The van der Waals surface area contributed by atoms with Crippen LogP contribution < -0.4 is 5.32 Å². The lowest BCUT2D eigenvalue weighted by molar-refractivity contribution is -0.142. The first-order valence-corrected chi connectivity index (χ1v) is 8.41. The number of alkyl halides is 3. The maximum atomic E-state index is 13.3. The molecule has 0 radical (unpaired) electrons. The van der Waals surface area contributed by atoms with Crippen LogP contribution in [-0.4, -0.2) is 20.7 Å². The second-order valence-corrected chi connectivity index (χ2v) is 6.38. The number of rotatable bonds is 4. The highest BCUT2D eigenvalue weighted by molar-refractivity contribution is 6.04. The Morgan fingerprint density at radius 1 is 1.15 bits per heavy atom. The zero-order valence-electron chi connectivity index (χ0n) is 14.1. The molecule has 0 atom stereocenters. The van der Waals surface area contributed by atoms with Gasteiger partial charge in [-0.05, 0) is 55.3 Å². The van der Waals surface area contributed by atoms with Gasteiger partial charge in [0.2, 0.25) is 0 Å². The predicted octanol–water partition coefficient (Wildman–Crippen LogP) is 4.42. The Labute approximate surface area is 152 Å². The van der Waals surface area contributed by atoms with Crippen molar-refractivity contribution in [1.82, 2.24) is 14.8 Å². The van der Waals surface area contributed by atoms with Gasteiger partial charge in [-0.15, -0.1) is 0 Å². The minimum Gasteiger partial charge on any atom is -0.322 e. The van der Waals surface area contributed by atoms with Gasteiger partial charge in [-0.25, -0.2) is 4.68 Å². The number of benzene rings is 1. The van der Waals surface area contributed by atoms with Gasteiger partial charge in [0.25, 0.3) is 5.91 Å². The molecule has 0 bridgehead atoms. The van der Waals surface area contributed by atoms with E-state index in [1.54, 1.807) is 30.5 Å². The molecular formula is C19H15F3N4O. The van der Waals surface area contributed by atoms with Crippen LogP contribution in [0.2, 0.25) is 0 Å². The molecule has 3 aromatic rings. The maximum Gasteiger partial charge on any atom is 0.433 e. The smallest absolute Gasteiger partial charge is 0.322 e. The van der Waals surface area contributed by atoms with E-state index >= 15 is 0 Å². The van der Waals surface area contributed by atoms with Crippen LogP contribution in [0.3, 0.4) is 0 Å². The van der Waals surface area contributed by atoms with Crippen LogP contribution in [0.25, 0.3) is 5.69 Å². The molecule has 1 aliphatic rings. The van der Waals surface area contributed by atoms with Crippen molar-refractivity contribution >= 4 is 11.6 Å². The molecule has 1 N–H and O–H groups in total. The van der Waals surface area contributed by atoms with E-state index in [1.807, 2.05) is 0 Å². The van der Waals surface area contributed by atoms with Crippen LogP contribution >= 0.6 is 0 Å². The van der Waals surface area contributed by atoms with Crippen molar-refractivity contribution in [1.29, 1.82) is 0 Å². The van der Waals surface area contributed by atoms with Crippen LogP contribution in [0.15, 0.2) is 54.9 Å². The Morgan fingerprint density at radius 3 is 2.48 bits per heavy atom. The zero-order valence-corrected chi connectivity index (χ0v) is 14.1. The van der Waals surface area contributed by atoms with Crippen molar-refractivity contribution in [2.45, 2.75) is 24.9 Å². The van der Waals surface area contributed by atoms with E-state index in [1.165, 1.54) is 18.3 Å². The number of pyridine rings is 1. The molecule has 1 aromatic carbocycles. The Kier molecular flexibility index (Phi) is 4.18. The molecule has 0 unspecified atom stereocenters. The van der Waals surface area contributed by atoms with E-state index in [4.69, 9.17) is 0 Å². The summed E-state index contributed by atoms with van der Waals surface area (Å²) in [6, 6.07) is 10.5. The summed E-state index contributed by atoms with van der Waals surface area (Å²) in [4.78, 5) is 16.0. The summed E-state index contributed by atoms with van der Waals surface area (Å²) in [5, 5.41) is 6.83. The van der Waals surface area contributed by atoms with Crippen LogP contribution in [0.1, 0.15) is 40.5 Å². The van der Waals surface area contributed by atoms with Crippen molar-refractivity contribution in [3.63, 3.8) is 0 Å². The molecule has 1 saturated carbocycles. The summed E-state index contributed by atoms with van der Waals surface area (Å²) in [6.07, 6.45) is 0.237. The second kappa shape index (κ2) is 6.53. The third-order valence-corrected chi connectivity index (χ3v) is 4.31. The van der Waals surface area contributed by atoms with Gasteiger partial charge in [0.1, 0.15) is 5.69 Å². The normalized spacial score (nSPS) is 14.2. The van der Waals surface area contributed by atoms with Crippen molar-refractivity contribution < 1.29 is 18.0 Å². The molecule has 0 saturated heterocycles. The van der Waals surface area contributed by atoms with Gasteiger partial charge in [0, 0.05) is 24.0 Å². The lowest BCUT2D eigenvalue weighted by atomic mass is 10.2. The first kappa shape index (κ1) is 17.3. The monoisotopic (exact) mass is 372 g/mol. The lowest BCUT2D eigenvalue weighted by Gasteiger charge is -2.11. The SMILES string of the molecule is O=C(Nc1ccc(-n2nc(C3CC3)cc2C(F)(F)F)cc1)c1cccnc1. The minimum absolute atomic E-state index is 0.116. The highest BCUT2D eigenvalue weighted by atomic mass is 19.4. The fraction of sp³-hybridized carbons (Fsp3) is 0.211. The number of anilines is 1. The number of hydrogen-bond acceptors (Lipinski definition) is 3. The minimum atomic E-state index is -4.49. The van der Waals surface area contributed by atoms with E-state index in [9.17, 15) is 18.0 Å². The lowest BCUT2D eigenvalue weighted by Crippen LogP contribution is -2.14. The summed E-state index contributed by atoms with van der Waals surface area (Å²) in [5.74, 6) is -0.229. The molecule has 138 valence electrons. The van der Waals surface area contributed by atoms with E-state index in [0.29, 0.717) is 16.9 Å². The number of aromatic nitrogens is 3. The molecule has 4 rings (SSSR count). The number of carbonyl (C=O) groups is 1. The Balaban J connectivity index is 1.58. The van der Waals surface area contributed by atoms with Crippen molar-refractivity contribution in [2.24, 2.45) is 0 Å². The van der Waals surface area contributed by atoms with E-state index in [2.05, 4.69) is 15.4 Å². The summed E-state index contributed by atoms with van der Waals surface area (Å²) in [5.41, 5.74) is 0.819. The van der Waals surface area contributed by atoms with Gasteiger partial charge in [-0.3, -0.25) is 9.78 Å². The second-order valence-electron chi connectivity index (χ2n) is 6.38. The zero-order chi connectivity index (χ0) is 19.0. The predicted molar refractivity (Wildman–Crippen MR) is 92.7 cm³/mol. The topological polar surface area (TPSA) is 59.8 Å². The summed E-state index contributed by atoms with van der Waals surface area (Å²) in [7, 11) is 0. The average Bonchev–Trinajstić information content (AvgIpc) is 3.40. The van der Waals surface area contributed by atoms with E-state index in [0.717, 1.165) is 23.6 Å². The van der Waals surface area contributed by atoms with Crippen LogP contribution in [0.4, 0.5) is 18.9 Å². The first-order valence-electron chi connectivity index (χ1n) is 8.41. The summed E-state index contributed by atoms with van der Waals surface area (Å²) >= 11 is 0. The van der Waals surface area contributed by atoms with Gasteiger partial charge in [0.05, 0.1) is 16.9 Å². The number of hydrogen-bond donors (Lipinski definition) is 1. The fourth-order valence-corrected chi connectivity index (χ4v) is 2.76. The fourth-order valence-electron chi connectivity index (χ4n) is 2.76. The third kappa shape index (κ3) is 3.69. The molecule has 0 aliphatic heterocycles. The molecule has 1 fully saturated rings. The number of carbonyl (C=O) groups excluding carboxylic acids is 1. The number of nitrogens with one attached hydrogen (secondary N) is 1. The molecule has 8 heteroatoms. The molecule has 0 spiro atoms. The Hall–Kier alpha value is -3.16. The third-order valence-electron chi connectivity index (χ3n) is 4.31. The van der Waals surface area contributed by atoms with Gasteiger partial charge in [-0.2, -0.15) is 18.3 Å². The van der Waals surface area contributed by atoms with Crippen LogP contribution in [0.5, 0.6) is 0 Å². The van der Waals surface area contributed by atoms with Crippen LogP contribution in [-0.2, 0) is 6.18 Å². The van der Waals surface area contributed by atoms with Gasteiger partial charge >= 0.3 is 6.18 Å². The quantitative estimate of drug-likeness (QED) is 0.738. The van der Waals surface area contributed by atoms with Crippen molar-refractivity contribution in [3.05, 3.63) is 71.8 Å². The molecule has 1 amide bonds. The van der Waals surface area contributed by atoms with E-state index in [-0.39, 0.29) is 17.5 Å². The number of halogens is 3. The largest absolute Gasteiger partial charge is 0.433 e. The highest BCUT2D eigenvalue weighted by Crippen LogP contribution is 2.42. The molecule has 5 nitrogen and oxygen atoms in total.